The highest BCUT2D eigenvalue weighted by molar-refractivity contribution is 5.94. The van der Waals surface area contributed by atoms with Crippen LogP contribution in [0.15, 0.2) is 110 Å². The van der Waals surface area contributed by atoms with Crippen molar-refractivity contribution in [3.05, 3.63) is 138 Å². The molecule has 71 heavy (non-hydrogen) atoms. The molecule has 4 aromatic rings. The Kier molecular flexibility index (Phi) is 16.8. The zero-order valence-corrected chi connectivity index (χ0v) is 40.3. The van der Waals surface area contributed by atoms with Gasteiger partial charge in [-0.15, -0.1) is 0 Å². The van der Waals surface area contributed by atoms with E-state index in [-0.39, 0.29) is 65.9 Å². The number of hydrogen-bond donors (Lipinski definition) is 1. The first kappa shape index (κ1) is 50.4. The summed E-state index contributed by atoms with van der Waals surface area (Å²) in [6, 6.07) is 26.2. The number of benzene rings is 4. The molecule has 0 bridgehead atoms. The molecule has 0 saturated heterocycles. The van der Waals surface area contributed by atoms with Crippen molar-refractivity contribution in [1.82, 2.24) is 0 Å². The topological polar surface area (TPSA) is 170 Å². The molecule has 1 spiro atoms. The monoisotopic (exact) mass is 965 g/mol. The molecule has 4 aromatic carbocycles. The molecule has 372 valence electrons. The average Bonchev–Trinajstić information content (AvgIpc) is 3.98. The van der Waals surface area contributed by atoms with Crippen molar-refractivity contribution < 1.29 is 57.2 Å². The number of carbonyl (C=O) groups is 6. The van der Waals surface area contributed by atoms with Crippen LogP contribution < -0.4 is 24.3 Å². The van der Waals surface area contributed by atoms with Gasteiger partial charge in [-0.25, -0.2) is 9.59 Å². The standard InChI is InChI=1S/C58H63NO12/c1-3-51(61)68-35-7-33-66-45-21-25-47(26-22-45)70-56(64)42-17-13-38(14-18-42)50(60)37-44-11-5-9-39-29-31-58(53(39)44)32-30-40-10-6-12-49(54(40)58)59-55(63)41-15-19-43(20-16-41)57(65)71-48-27-23-46(24-28-48)67-34-8-36-69-52(62)4-2/h3-6,9-12,21-28,38,41-43H,1-2,7-8,13-20,29-37H2,(H,59,63). The summed E-state index contributed by atoms with van der Waals surface area (Å²) < 4.78 is 32.7. The Morgan fingerprint density at radius 2 is 0.986 bits per heavy atom. The Hall–Kier alpha value is -7.02. The molecule has 13 nitrogen and oxygen atoms in total. The second kappa shape index (κ2) is 23.7. The van der Waals surface area contributed by atoms with Gasteiger partial charge in [0.1, 0.15) is 28.8 Å². The van der Waals surface area contributed by atoms with E-state index < -0.39 is 11.9 Å². The van der Waals surface area contributed by atoms with Gasteiger partial charge in [0.15, 0.2) is 0 Å². The molecule has 1 amide bonds. The number of Topliss-reactive ketones (excluding diaryl/α,β-unsaturated/α-hetero) is 1. The predicted octanol–water partition coefficient (Wildman–Crippen LogP) is 9.74. The predicted molar refractivity (Wildman–Crippen MR) is 265 cm³/mol. The van der Waals surface area contributed by atoms with E-state index in [1.807, 2.05) is 12.1 Å². The third-order valence-corrected chi connectivity index (χ3v) is 14.6. The molecular weight excluding hydrogens is 903 g/mol. The Labute approximate surface area is 415 Å². The van der Waals surface area contributed by atoms with E-state index in [4.69, 9.17) is 28.4 Å². The van der Waals surface area contributed by atoms with Crippen LogP contribution in [0.3, 0.4) is 0 Å². The number of anilines is 1. The molecular formula is C58H63NO12. The fraction of sp³-hybridized carbons (Fsp3) is 0.414. The Morgan fingerprint density at radius 3 is 1.49 bits per heavy atom. The van der Waals surface area contributed by atoms with Gasteiger partial charge < -0.3 is 33.7 Å². The van der Waals surface area contributed by atoms with Gasteiger partial charge in [0.2, 0.25) is 5.91 Å². The number of rotatable bonds is 21. The molecule has 4 aliphatic carbocycles. The minimum atomic E-state index is -0.472. The van der Waals surface area contributed by atoms with Gasteiger partial charge in [0.05, 0.1) is 38.3 Å². The summed E-state index contributed by atoms with van der Waals surface area (Å²) in [5.74, 6) is -0.289. The van der Waals surface area contributed by atoms with Crippen molar-refractivity contribution in [2.24, 2.45) is 23.7 Å². The first-order chi connectivity index (χ1) is 34.5. The normalized spacial score (nSPS) is 20.9. The van der Waals surface area contributed by atoms with Crippen molar-refractivity contribution >= 4 is 41.3 Å². The molecule has 2 saturated carbocycles. The smallest absolute Gasteiger partial charge is 0.330 e. The zero-order valence-electron chi connectivity index (χ0n) is 40.3. The van der Waals surface area contributed by atoms with Gasteiger partial charge >= 0.3 is 23.9 Å². The minimum Gasteiger partial charge on any atom is -0.493 e. The van der Waals surface area contributed by atoms with Crippen LogP contribution in [-0.4, -0.2) is 62.0 Å². The molecule has 1 N–H and O–H groups in total. The number of ether oxygens (including phenoxy) is 6. The fourth-order valence-electron chi connectivity index (χ4n) is 10.9. The van der Waals surface area contributed by atoms with Crippen molar-refractivity contribution in [3.63, 3.8) is 0 Å². The van der Waals surface area contributed by atoms with Crippen molar-refractivity contribution in [3.8, 4) is 23.0 Å². The molecule has 13 heteroatoms. The number of aryl methyl sites for hydroxylation is 2. The van der Waals surface area contributed by atoms with E-state index in [2.05, 4.69) is 42.7 Å². The molecule has 8 rings (SSSR count). The number of amides is 1. The second-order valence-electron chi connectivity index (χ2n) is 19.0. The molecule has 1 unspecified atom stereocenters. The second-order valence-corrected chi connectivity index (χ2v) is 19.0. The number of esters is 4. The summed E-state index contributed by atoms with van der Waals surface area (Å²) in [7, 11) is 0. The lowest BCUT2D eigenvalue weighted by Crippen LogP contribution is -2.32. The maximum atomic E-state index is 14.1. The van der Waals surface area contributed by atoms with Crippen molar-refractivity contribution in [2.75, 3.05) is 31.7 Å². The van der Waals surface area contributed by atoms with Crippen molar-refractivity contribution in [2.45, 2.75) is 102 Å². The van der Waals surface area contributed by atoms with E-state index in [1.165, 1.54) is 22.3 Å². The van der Waals surface area contributed by atoms with Crippen LogP contribution in [0.4, 0.5) is 5.69 Å². The van der Waals surface area contributed by atoms with Crippen LogP contribution in [0.2, 0.25) is 0 Å². The summed E-state index contributed by atoms with van der Waals surface area (Å²) in [5, 5.41) is 3.35. The van der Waals surface area contributed by atoms with Gasteiger partial charge in [-0.1, -0.05) is 43.5 Å². The molecule has 4 aliphatic rings. The Balaban J connectivity index is 0.817. The molecule has 0 aliphatic heterocycles. The van der Waals surface area contributed by atoms with Gasteiger partial charge in [-0.2, -0.15) is 0 Å². The van der Waals surface area contributed by atoms with Crippen LogP contribution in [0, 0.1) is 23.7 Å². The summed E-state index contributed by atoms with van der Waals surface area (Å²) in [5.41, 5.74) is 6.47. The first-order valence-electron chi connectivity index (χ1n) is 25.1. The third-order valence-electron chi connectivity index (χ3n) is 14.6. The quantitative estimate of drug-likeness (QED) is 0.0364. The van der Waals surface area contributed by atoms with Crippen LogP contribution >= 0.6 is 0 Å². The zero-order chi connectivity index (χ0) is 49.7. The number of fused-ring (bicyclic) bond motifs is 4. The van der Waals surface area contributed by atoms with Gasteiger partial charge in [-0.05, 0) is 159 Å². The summed E-state index contributed by atoms with van der Waals surface area (Å²) >= 11 is 0. The highest BCUT2D eigenvalue weighted by Gasteiger charge is 2.48. The van der Waals surface area contributed by atoms with Crippen LogP contribution in [0.5, 0.6) is 23.0 Å². The largest absolute Gasteiger partial charge is 0.493 e. The highest BCUT2D eigenvalue weighted by atomic mass is 16.5. The van der Waals surface area contributed by atoms with Crippen molar-refractivity contribution in [1.29, 1.82) is 0 Å². The number of carbonyl (C=O) groups excluding carboxylic acids is 6. The lowest BCUT2D eigenvalue weighted by molar-refractivity contribution is -0.141. The number of hydrogen-bond acceptors (Lipinski definition) is 12. The van der Waals surface area contributed by atoms with Gasteiger partial charge in [-0.3, -0.25) is 19.2 Å². The van der Waals surface area contributed by atoms with Crippen LogP contribution in [0.1, 0.15) is 105 Å². The van der Waals surface area contributed by atoms with Gasteiger partial charge in [0, 0.05) is 54.4 Å². The first-order valence-corrected chi connectivity index (χ1v) is 25.1. The summed E-state index contributed by atoms with van der Waals surface area (Å²) in [4.78, 5) is 77.0. The Bertz CT molecular complexity index is 2410. The number of nitrogens with one attached hydrogen (secondary N) is 1. The fourth-order valence-corrected chi connectivity index (χ4v) is 10.9. The third kappa shape index (κ3) is 12.5. The number of ketones is 1. The van der Waals surface area contributed by atoms with E-state index in [1.54, 1.807) is 48.5 Å². The molecule has 0 heterocycles. The average molecular weight is 966 g/mol. The molecule has 2 fully saturated rings. The van der Waals surface area contributed by atoms with E-state index in [9.17, 15) is 28.8 Å². The molecule has 0 aromatic heterocycles. The Morgan fingerprint density at radius 1 is 0.535 bits per heavy atom. The lowest BCUT2D eigenvalue weighted by Gasteiger charge is -2.32. The summed E-state index contributed by atoms with van der Waals surface area (Å²) in [6.07, 6.45) is 11.9. The summed E-state index contributed by atoms with van der Waals surface area (Å²) in [6.45, 7) is 7.93. The minimum absolute atomic E-state index is 0.0376. The highest BCUT2D eigenvalue weighted by Crippen LogP contribution is 2.56. The van der Waals surface area contributed by atoms with E-state index in [0.29, 0.717) is 107 Å². The SMILES string of the molecule is C=CC(=O)OCCCOc1ccc(OC(=O)C2CCC(C(=O)Cc3cccc4c3C3(CC4)CCc4cccc(NC(=O)C5CCC(C(=O)Oc6ccc(OCCCOC(=O)C=C)cc6)CC5)c43)CC2)cc1. The van der Waals surface area contributed by atoms with Crippen LogP contribution in [0.25, 0.3) is 0 Å². The molecule has 0 radical (unpaired) electrons. The van der Waals surface area contributed by atoms with Gasteiger partial charge in [0.25, 0.3) is 0 Å². The maximum Gasteiger partial charge on any atom is 0.330 e. The maximum absolute atomic E-state index is 14.1. The van der Waals surface area contributed by atoms with E-state index in [0.717, 1.165) is 49.1 Å². The van der Waals surface area contributed by atoms with E-state index >= 15 is 0 Å². The van der Waals surface area contributed by atoms with Crippen LogP contribution in [-0.2, 0) is 62.9 Å². The lowest BCUT2D eigenvalue weighted by atomic mass is 9.72. The molecule has 1 atom stereocenters.